The Morgan fingerprint density at radius 2 is 2.33 bits per heavy atom. The van der Waals surface area contributed by atoms with Crippen molar-refractivity contribution < 1.29 is 14.1 Å². The molecule has 0 aromatic heterocycles. The molecule has 1 heterocycles. The molecule has 2 unspecified atom stereocenters. The van der Waals surface area contributed by atoms with E-state index in [9.17, 15) is 9.00 Å². The molecule has 0 amide bonds. The molecule has 1 fully saturated rings. The lowest BCUT2D eigenvalue weighted by molar-refractivity contribution is -0.142. The van der Waals surface area contributed by atoms with E-state index >= 15 is 0 Å². The van der Waals surface area contributed by atoms with Crippen molar-refractivity contribution >= 4 is 17.0 Å². The summed E-state index contributed by atoms with van der Waals surface area (Å²) < 4.78 is 12.7. The first kappa shape index (κ1) is 9.67. The Balaban J connectivity index is 2.51. The average Bonchev–Trinajstić information content (AvgIpc) is 2.04. The molecule has 5 heteroatoms. The Morgan fingerprint density at radius 3 is 2.83 bits per heavy atom. The molecule has 0 spiro atoms. The molecule has 0 bridgehead atoms. The Morgan fingerprint density at radius 1 is 1.67 bits per heavy atom. The zero-order valence-corrected chi connectivity index (χ0v) is 7.84. The van der Waals surface area contributed by atoms with E-state index in [4.69, 9.17) is 5.11 Å². The number of rotatable bonds is 2. The van der Waals surface area contributed by atoms with Crippen LogP contribution in [0.15, 0.2) is 0 Å². The van der Waals surface area contributed by atoms with Crippen molar-refractivity contribution in [2.75, 3.05) is 19.3 Å². The maximum atomic E-state index is 11.0. The summed E-state index contributed by atoms with van der Waals surface area (Å²) in [5, 5.41) is 8.71. The number of carboxylic acid groups (broad SMARTS) is 1. The summed E-state index contributed by atoms with van der Waals surface area (Å²) in [6.45, 7) is 1.19. The van der Waals surface area contributed by atoms with Gasteiger partial charge >= 0.3 is 5.97 Å². The van der Waals surface area contributed by atoms with Crippen LogP contribution in [0.25, 0.3) is 0 Å². The number of nitrogens with zero attached hydrogens (tertiary/aromatic N) is 1. The number of hydrogen-bond acceptors (Lipinski definition) is 2. The van der Waals surface area contributed by atoms with E-state index < -0.39 is 17.0 Å². The van der Waals surface area contributed by atoms with E-state index in [0.29, 0.717) is 13.0 Å². The Hall–Kier alpha value is -0.420. The van der Waals surface area contributed by atoms with Crippen molar-refractivity contribution in [3.05, 3.63) is 0 Å². The summed E-state index contributed by atoms with van der Waals surface area (Å²) in [5.74, 6) is -1.10. The Kier molecular flexibility index (Phi) is 3.22. The van der Waals surface area contributed by atoms with Gasteiger partial charge in [0.25, 0.3) is 0 Å². The Labute approximate surface area is 74.1 Å². The normalized spacial score (nSPS) is 28.2. The standard InChI is InChI=1S/C7H13NO3S/c1-12(11)8-4-2-3-6(5-8)7(9)10/h6H,2-5H2,1H3,(H,9,10). The quantitative estimate of drug-likeness (QED) is 0.672. The van der Waals surface area contributed by atoms with E-state index in [1.165, 1.54) is 0 Å². The zero-order valence-electron chi connectivity index (χ0n) is 7.02. The molecule has 0 aromatic rings. The summed E-state index contributed by atoms with van der Waals surface area (Å²) in [6.07, 6.45) is 3.13. The second kappa shape index (κ2) is 4.00. The summed E-state index contributed by atoms with van der Waals surface area (Å²) in [6, 6.07) is 0. The molecule has 70 valence electrons. The molecular formula is C7H13NO3S. The summed E-state index contributed by atoms with van der Waals surface area (Å²) >= 11 is 0. The van der Waals surface area contributed by atoms with Crippen molar-refractivity contribution in [3.63, 3.8) is 0 Å². The highest BCUT2D eigenvalue weighted by atomic mass is 32.2. The molecule has 1 N–H and O–H groups in total. The van der Waals surface area contributed by atoms with Gasteiger partial charge in [-0.25, -0.2) is 8.51 Å². The van der Waals surface area contributed by atoms with E-state index in [2.05, 4.69) is 0 Å². The summed E-state index contributed by atoms with van der Waals surface area (Å²) in [4.78, 5) is 10.6. The lowest BCUT2D eigenvalue weighted by Crippen LogP contribution is -2.39. The maximum absolute atomic E-state index is 11.0. The Bertz CT molecular complexity index is 187. The third kappa shape index (κ3) is 2.28. The van der Waals surface area contributed by atoms with Gasteiger partial charge in [-0.05, 0) is 12.8 Å². The molecule has 1 aliphatic heterocycles. The van der Waals surface area contributed by atoms with Gasteiger partial charge in [0.15, 0.2) is 0 Å². The van der Waals surface area contributed by atoms with Gasteiger partial charge in [0.05, 0.1) is 16.9 Å². The number of carbonyl (C=O) groups is 1. The van der Waals surface area contributed by atoms with Crippen LogP contribution in [0.4, 0.5) is 0 Å². The van der Waals surface area contributed by atoms with Crippen LogP contribution in [-0.2, 0) is 15.8 Å². The summed E-state index contributed by atoms with van der Waals surface area (Å²) in [5.41, 5.74) is 0. The van der Waals surface area contributed by atoms with Crippen LogP contribution in [0, 0.1) is 5.92 Å². The van der Waals surface area contributed by atoms with Crippen molar-refractivity contribution in [2.24, 2.45) is 5.92 Å². The molecule has 0 aliphatic carbocycles. The first-order chi connectivity index (χ1) is 5.61. The highest BCUT2D eigenvalue weighted by Crippen LogP contribution is 2.17. The number of hydrogen-bond donors (Lipinski definition) is 1. The number of carboxylic acids is 1. The monoisotopic (exact) mass is 191 g/mol. The van der Waals surface area contributed by atoms with E-state index in [1.54, 1.807) is 10.6 Å². The van der Waals surface area contributed by atoms with Gasteiger partial charge in [-0.3, -0.25) is 4.79 Å². The number of piperidine rings is 1. The largest absolute Gasteiger partial charge is 0.481 e. The van der Waals surface area contributed by atoms with Gasteiger partial charge in [-0.1, -0.05) is 0 Å². The molecule has 1 saturated heterocycles. The van der Waals surface area contributed by atoms with E-state index in [1.807, 2.05) is 0 Å². The third-order valence-corrected chi connectivity index (χ3v) is 3.16. The van der Waals surface area contributed by atoms with Crippen LogP contribution < -0.4 is 0 Å². The zero-order chi connectivity index (χ0) is 9.14. The van der Waals surface area contributed by atoms with Crippen LogP contribution in [0.3, 0.4) is 0 Å². The first-order valence-corrected chi connectivity index (χ1v) is 5.44. The average molecular weight is 191 g/mol. The highest BCUT2D eigenvalue weighted by molar-refractivity contribution is 7.81. The van der Waals surface area contributed by atoms with Crippen LogP contribution in [0.1, 0.15) is 12.8 Å². The first-order valence-electron chi connectivity index (χ1n) is 3.92. The van der Waals surface area contributed by atoms with Gasteiger partial charge in [0, 0.05) is 19.3 Å². The topological polar surface area (TPSA) is 57.6 Å². The lowest BCUT2D eigenvalue weighted by atomic mass is 10.0. The molecule has 1 aliphatic rings. The van der Waals surface area contributed by atoms with Crippen LogP contribution in [0.2, 0.25) is 0 Å². The van der Waals surface area contributed by atoms with Crippen molar-refractivity contribution in [3.8, 4) is 0 Å². The van der Waals surface area contributed by atoms with Gasteiger partial charge in [-0.15, -0.1) is 0 Å². The van der Waals surface area contributed by atoms with E-state index in [-0.39, 0.29) is 5.92 Å². The van der Waals surface area contributed by atoms with Crippen LogP contribution >= 0.6 is 0 Å². The van der Waals surface area contributed by atoms with Crippen molar-refractivity contribution in [1.29, 1.82) is 0 Å². The molecule has 0 radical (unpaired) electrons. The lowest BCUT2D eigenvalue weighted by Gasteiger charge is -2.27. The minimum atomic E-state index is -1.02. The fourth-order valence-electron chi connectivity index (χ4n) is 1.38. The summed E-state index contributed by atoms with van der Waals surface area (Å²) in [7, 11) is -1.02. The number of aliphatic carboxylic acids is 1. The molecule has 1 rings (SSSR count). The van der Waals surface area contributed by atoms with Gasteiger partial charge < -0.3 is 5.11 Å². The van der Waals surface area contributed by atoms with Gasteiger partial charge in [-0.2, -0.15) is 0 Å². The van der Waals surface area contributed by atoms with Crippen molar-refractivity contribution in [2.45, 2.75) is 12.8 Å². The van der Waals surface area contributed by atoms with Crippen molar-refractivity contribution in [1.82, 2.24) is 4.31 Å². The predicted molar refractivity (Wildman–Crippen MR) is 46.0 cm³/mol. The molecule has 4 nitrogen and oxygen atoms in total. The van der Waals surface area contributed by atoms with Crippen LogP contribution in [-0.4, -0.2) is 38.9 Å². The second-order valence-corrected chi connectivity index (χ2v) is 4.35. The third-order valence-electron chi connectivity index (χ3n) is 2.10. The molecule has 12 heavy (non-hydrogen) atoms. The minimum absolute atomic E-state index is 0.331. The highest BCUT2D eigenvalue weighted by Gasteiger charge is 2.26. The second-order valence-electron chi connectivity index (χ2n) is 2.99. The predicted octanol–water partition coefficient (Wildman–Crippen LogP) is 0.0765. The molecular weight excluding hydrogens is 178 g/mol. The van der Waals surface area contributed by atoms with Gasteiger partial charge in [0.2, 0.25) is 0 Å². The molecule has 0 aromatic carbocycles. The smallest absolute Gasteiger partial charge is 0.307 e. The SMILES string of the molecule is CS(=O)N1CCCC(C(=O)O)C1. The van der Waals surface area contributed by atoms with Gasteiger partial charge in [0.1, 0.15) is 0 Å². The maximum Gasteiger partial charge on any atom is 0.307 e. The van der Waals surface area contributed by atoms with Crippen LogP contribution in [0.5, 0.6) is 0 Å². The minimum Gasteiger partial charge on any atom is -0.481 e. The fraction of sp³-hybridized carbons (Fsp3) is 0.857. The molecule has 2 atom stereocenters. The molecule has 0 saturated carbocycles. The van der Waals surface area contributed by atoms with E-state index in [0.717, 1.165) is 13.0 Å². The fourth-order valence-corrected chi connectivity index (χ4v) is 2.15.